The van der Waals surface area contributed by atoms with Gasteiger partial charge in [-0.25, -0.2) is 0 Å². The number of methoxy groups -OCH3 is 1. The predicted octanol–water partition coefficient (Wildman–Crippen LogP) is 2.70. The second-order valence-corrected chi connectivity index (χ2v) is 4.27. The molecular formula is C13H20N2O3. The fourth-order valence-corrected chi connectivity index (χ4v) is 2.17. The van der Waals surface area contributed by atoms with Crippen LogP contribution in [0.15, 0.2) is 18.2 Å². The van der Waals surface area contributed by atoms with E-state index in [1.54, 1.807) is 19.2 Å². The van der Waals surface area contributed by atoms with E-state index in [1.807, 2.05) is 20.9 Å². The first-order chi connectivity index (χ1) is 8.54. The Hall–Kier alpha value is -1.62. The molecule has 0 aliphatic carbocycles. The Kier molecular flexibility index (Phi) is 5.09. The molecule has 0 saturated heterocycles. The van der Waals surface area contributed by atoms with Gasteiger partial charge in [-0.2, -0.15) is 0 Å². The minimum atomic E-state index is -0.334. The highest BCUT2D eigenvalue weighted by atomic mass is 16.6. The molecule has 1 aromatic carbocycles. The number of hydrogen-bond donors (Lipinski definition) is 1. The van der Waals surface area contributed by atoms with Crippen molar-refractivity contribution in [1.82, 2.24) is 5.32 Å². The number of nitrogens with zero attached hydrogens (tertiary/aromatic N) is 1. The van der Waals surface area contributed by atoms with Crippen molar-refractivity contribution in [3.63, 3.8) is 0 Å². The van der Waals surface area contributed by atoms with Crippen LogP contribution in [0.1, 0.15) is 31.7 Å². The van der Waals surface area contributed by atoms with Crippen LogP contribution in [0.2, 0.25) is 0 Å². The third-order valence-corrected chi connectivity index (χ3v) is 3.33. The van der Waals surface area contributed by atoms with Gasteiger partial charge < -0.3 is 10.1 Å². The molecule has 0 amide bonds. The lowest BCUT2D eigenvalue weighted by Crippen LogP contribution is -2.29. The van der Waals surface area contributed by atoms with Crippen molar-refractivity contribution in [2.75, 3.05) is 14.2 Å². The second kappa shape index (κ2) is 6.35. The standard InChI is InChI=1S/C13H20N2O3/c1-5-11(9(2)14-3)12-8-10(18-4)6-7-13(12)15(16)17/h6-9,11,14H,5H2,1-4H3. The van der Waals surface area contributed by atoms with Crippen LogP contribution < -0.4 is 10.1 Å². The van der Waals surface area contributed by atoms with Gasteiger partial charge in [-0.3, -0.25) is 10.1 Å². The molecule has 5 nitrogen and oxygen atoms in total. The van der Waals surface area contributed by atoms with Crippen molar-refractivity contribution in [2.45, 2.75) is 32.2 Å². The van der Waals surface area contributed by atoms with Crippen molar-refractivity contribution in [3.8, 4) is 5.75 Å². The molecule has 100 valence electrons. The van der Waals surface area contributed by atoms with E-state index in [9.17, 15) is 10.1 Å². The molecule has 0 saturated carbocycles. The topological polar surface area (TPSA) is 64.4 Å². The van der Waals surface area contributed by atoms with Gasteiger partial charge in [0.15, 0.2) is 0 Å². The van der Waals surface area contributed by atoms with Crippen LogP contribution >= 0.6 is 0 Å². The molecule has 18 heavy (non-hydrogen) atoms. The molecule has 1 rings (SSSR count). The molecule has 1 aromatic rings. The Morgan fingerprint density at radius 3 is 2.61 bits per heavy atom. The SMILES string of the molecule is CCC(c1cc(OC)ccc1[N+](=O)[O-])C(C)NC. The molecule has 2 unspecified atom stereocenters. The Bertz CT molecular complexity index is 421. The van der Waals surface area contributed by atoms with Gasteiger partial charge in [0, 0.05) is 23.6 Å². The molecule has 0 fully saturated rings. The second-order valence-electron chi connectivity index (χ2n) is 4.27. The maximum absolute atomic E-state index is 11.1. The number of nitrogens with one attached hydrogen (secondary N) is 1. The number of nitro groups is 1. The zero-order valence-electron chi connectivity index (χ0n) is 11.3. The summed E-state index contributed by atoms with van der Waals surface area (Å²) >= 11 is 0. The molecule has 0 radical (unpaired) electrons. The monoisotopic (exact) mass is 252 g/mol. The maximum Gasteiger partial charge on any atom is 0.273 e. The molecule has 2 atom stereocenters. The number of benzene rings is 1. The minimum Gasteiger partial charge on any atom is -0.497 e. The highest BCUT2D eigenvalue weighted by Crippen LogP contribution is 2.34. The third kappa shape index (κ3) is 2.98. The lowest BCUT2D eigenvalue weighted by atomic mass is 9.89. The zero-order valence-corrected chi connectivity index (χ0v) is 11.3. The fraction of sp³-hybridized carbons (Fsp3) is 0.538. The van der Waals surface area contributed by atoms with Crippen LogP contribution in [0.5, 0.6) is 5.75 Å². The van der Waals surface area contributed by atoms with Crippen molar-refractivity contribution in [3.05, 3.63) is 33.9 Å². The molecule has 0 aliphatic rings. The van der Waals surface area contributed by atoms with Crippen LogP contribution in [-0.4, -0.2) is 25.1 Å². The average molecular weight is 252 g/mol. The summed E-state index contributed by atoms with van der Waals surface area (Å²) in [5.41, 5.74) is 0.883. The van der Waals surface area contributed by atoms with Crippen LogP contribution in [0.25, 0.3) is 0 Å². The minimum absolute atomic E-state index is 0.0884. The van der Waals surface area contributed by atoms with Crippen molar-refractivity contribution in [2.24, 2.45) is 0 Å². The number of likely N-dealkylation sites (N-methyl/N-ethyl adjacent to an activating group) is 1. The summed E-state index contributed by atoms with van der Waals surface area (Å²) in [4.78, 5) is 10.8. The van der Waals surface area contributed by atoms with E-state index in [2.05, 4.69) is 5.32 Å². The van der Waals surface area contributed by atoms with Crippen molar-refractivity contribution < 1.29 is 9.66 Å². The Morgan fingerprint density at radius 1 is 1.50 bits per heavy atom. The third-order valence-electron chi connectivity index (χ3n) is 3.33. The Morgan fingerprint density at radius 2 is 2.17 bits per heavy atom. The molecule has 5 heteroatoms. The van der Waals surface area contributed by atoms with E-state index in [0.29, 0.717) is 5.75 Å². The van der Waals surface area contributed by atoms with Gasteiger partial charge in [-0.05, 0) is 32.5 Å². The van der Waals surface area contributed by atoms with E-state index in [1.165, 1.54) is 6.07 Å². The van der Waals surface area contributed by atoms with E-state index in [-0.39, 0.29) is 22.6 Å². The lowest BCUT2D eigenvalue weighted by Gasteiger charge is -2.22. The summed E-state index contributed by atoms with van der Waals surface area (Å²) in [7, 11) is 3.42. The number of nitro benzene ring substituents is 1. The van der Waals surface area contributed by atoms with Gasteiger partial charge in [0.05, 0.1) is 12.0 Å². The van der Waals surface area contributed by atoms with Crippen LogP contribution in [-0.2, 0) is 0 Å². The Labute approximate surface area is 107 Å². The molecule has 0 aromatic heterocycles. The summed E-state index contributed by atoms with van der Waals surface area (Å²) in [5.74, 6) is 0.739. The van der Waals surface area contributed by atoms with Gasteiger partial charge >= 0.3 is 0 Å². The molecule has 0 spiro atoms. The van der Waals surface area contributed by atoms with E-state index >= 15 is 0 Å². The smallest absolute Gasteiger partial charge is 0.273 e. The first kappa shape index (κ1) is 14.4. The van der Waals surface area contributed by atoms with E-state index < -0.39 is 0 Å². The van der Waals surface area contributed by atoms with Gasteiger partial charge in [-0.15, -0.1) is 0 Å². The largest absolute Gasteiger partial charge is 0.497 e. The first-order valence-electron chi connectivity index (χ1n) is 6.04. The normalized spacial score (nSPS) is 14.0. The summed E-state index contributed by atoms with van der Waals surface area (Å²) in [5, 5.41) is 14.3. The molecule has 0 bridgehead atoms. The molecule has 0 heterocycles. The molecular weight excluding hydrogens is 232 g/mol. The summed E-state index contributed by atoms with van der Waals surface area (Å²) in [6.45, 7) is 4.05. The van der Waals surface area contributed by atoms with Crippen molar-refractivity contribution >= 4 is 5.69 Å². The van der Waals surface area contributed by atoms with Gasteiger partial charge in [0.2, 0.25) is 0 Å². The molecule has 0 aliphatic heterocycles. The fourth-order valence-electron chi connectivity index (χ4n) is 2.17. The maximum atomic E-state index is 11.1. The summed E-state index contributed by atoms with van der Waals surface area (Å²) < 4.78 is 5.15. The van der Waals surface area contributed by atoms with Crippen LogP contribution in [0.4, 0.5) is 5.69 Å². The Balaban J connectivity index is 3.28. The van der Waals surface area contributed by atoms with Crippen molar-refractivity contribution in [1.29, 1.82) is 0 Å². The predicted molar refractivity (Wildman–Crippen MR) is 71.2 cm³/mol. The van der Waals surface area contributed by atoms with Gasteiger partial charge in [0.1, 0.15) is 5.75 Å². The number of rotatable bonds is 6. The van der Waals surface area contributed by atoms with Crippen LogP contribution in [0, 0.1) is 10.1 Å². The quantitative estimate of drug-likeness (QED) is 0.624. The zero-order chi connectivity index (χ0) is 13.7. The highest BCUT2D eigenvalue weighted by Gasteiger charge is 2.25. The van der Waals surface area contributed by atoms with E-state index in [4.69, 9.17) is 4.74 Å². The average Bonchev–Trinajstić information content (AvgIpc) is 2.38. The number of hydrogen-bond acceptors (Lipinski definition) is 4. The first-order valence-corrected chi connectivity index (χ1v) is 6.04. The highest BCUT2D eigenvalue weighted by molar-refractivity contribution is 5.47. The lowest BCUT2D eigenvalue weighted by molar-refractivity contribution is -0.385. The van der Waals surface area contributed by atoms with Gasteiger partial charge in [0.25, 0.3) is 5.69 Å². The summed E-state index contributed by atoms with van der Waals surface area (Å²) in [6.07, 6.45) is 0.829. The van der Waals surface area contributed by atoms with Gasteiger partial charge in [-0.1, -0.05) is 6.92 Å². The number of ether oxygens (including phenoxy) is 1. The van der Waals surface area contributed by atoms with E-state index in [0.717, 1.165) is 12.0 Å². The molecule has 1 N–H and O–H groups in total. The van der Waals surface area contributed by atoms with Crippen LogP contribution in [0.3, 0.4) is 0 Å². The summed E-state index contributed by atoms with van der Waals surface area (Å²) in [6, 6.07) is 5.07.